The quantitative estimate of drug-likeness (QED) is 0.758. The van der Waals surface area contributed by atoms with Gasteiger partial charge in [-0.25, -0.2) is 0 Å². The van der Waals surface area contributed by atoms with Crippen LogP contribution in [0.25, 0.3) is 0 Å². The Kier molecular flexibility index (Phi) is 4.18. The summed E-state index contributed by atoms with van der Waals surface area (Å²) in [7, 11) is 0. The topological polar surface area (TPSA) is 35.5 Å². The van der Waals surface area contributed by atoms with Crippen molar-refractivity contribution < 1.29 is 14.3 Å². The second-order valence-corrected chi connectivity index (χ2v) is 4.15. The van der Waals surface area contributed by atoms with Crippen molar-refractivity contribution in [3.63, 3.8) is 0 Å². The summed E-state index contributed by atoms with van der Waals surface area (Å²) in [6, 6.07) is 12.8. The first-order valence-electron chi connectivity index (χ1n) is 6.19. The van der Waals surface area contributed by atoms with E-state index < -0.39 is 0 Å². The number of aldehydes is 1. The number of aryl methyl sites for hydroxylation is 1. The third-order valence-corrected chi connectivity index (χ3v) is 2.68. The summed E-state index contributed by atoms with van der Waals surface area (Å²) in [6.45, 7) is 4.47. The van der Waals surface area contributed by atoms with Crippen molar-refractivity contribution in [3.8, 4) is 17.2 Å². The molecule has 98 valence electrons. The first-order valence-corrected chi connectivity index (χ1v) is 6.19. The summed E-state index contributed by atoms with van der Waals surface area (Å²) in [5, 5.41) is 0. The summed E-state index contributed by atoms with van der Waals surface area (Å²) in [6.07, 6.45) is 0.826. The molecule has 3 heteroatoms. The van der Waals surface area contributed by atoms with Gasteiger partial charge < -0.3 is 9.47 Å². The van der Waals surface area contributed by atoms with Crippen LogP contribution in [-0.2, 0) is 0 Å². The number of ether oxygens (including phenoxy) is 2. The van der Waals surface area contributed by atoms with Crippen LogP contribution in [0.15, 0.2) is 42.5 Å². The Hall–Kier alpha value is -2.29. The van der Waals surface area contributed by atoms with Gasteiger partial charge in [-0.15, -0.1) is 0 Å². The molecule has 0 saturated carbocycles. The molecular weight excluding hydrogens is 240 g/mol. The maximum absolute atomic E-state index is 10.7. The standard InChI is InChI=1S/C16H16O3/c1-3-18-14-5-4-6-15(10-14)19-16-8-7-13(11-17)9-12(16)2/h4-11H,3H2,1-2H3. The van der Waals surface area contributed by atoms with Crippen LogP contribution in [0, 0.1) is 6.92 Å². The molecule has 19 heavy (non-hydrogen) atoms. The van der Waals surface area contributed by atoms with Gasteiger partial charge in [0.25, 0.3) is 0 Å². The summed E-state index contributed by atoms with van der Waals surface area (Å²) in [5.41, 5.74) is 1.57. The Morgan fingerprint density at radius 3 is 2.58 bits per heavy atom. The van der Waals surface area contributed by atoms with E-state index in [1.54, 1.807) is 18.2 Å². The fourth-order valence-electron chi connectivity index (χ4n) is 1.78. The third-order valence-electron chi connectivity index (χ3n) is 2.68. The number of rotatable bonds is 5. The number of carbonyl (C=O) groups excluding carboxylic acids is 1. The highest BCUT2D eigenvalue weighted by atomic mass is 16.5. The minimum absolute atomic E-state index is 0.622. The van der Waals surface area contributed by atoms with Crippen molar-refractivity contribution in [1.82, 2.24) is 0 Å². The molecule has 0 unspecified atom stereocenters. The van der Waals surface area contributed by atoms with Crippen LogP contribution >= 0.6 is 0 Å². The molecule has 0 aromatic heterocycles. The fraction of sp³-hybridized carbons (Fsp3) is 0.188. The van der Waals surface area contributed by atoms with Crippen LogP contribution in [-0.4, -0.2) is 12.9 Å². The van der Waals surface area contributed by atoms with Crippen molar-refractivity contribution in [2.45, 2.75) is 13.8 Å². The lowest BCUT2D eigenvalue weighted by atomic mass is 10.1. The van der Waals surface area contributed by atoms with Crippen molar-refractivity contribution >= 4 is 6.29 Å². The van der Waals surface area contributed by atoms with Crippen molar-refractivity contribution in [3.05, 3.63) is 53.6 Å². The lowest BCUT2D eigenvalue weighted by Crippen LogP contribution is -1.93. The Labute approximate surface area is 112 Å². The Morgan fingerprint density at radius 1 is 1.11 bits per heavy atom. The van der Waals surface area contributed by atoms with Gasteiger partial charge in [-0.3, -0.25) is 4.79 Å². The molecule has 0 amide bonds. The van der Waals surface area contributed by atoms with Crippen LogP contribution < -0.4 is 9.47 Å². The number of hydrogen-bond donors (Lipinski definition) is 0. The largest absolute Gasteiger partial charge is 0.494 e. The van der Waals surface area contributed by atoms with Gasteiger partial charge in [-0.05, 0) is 49.7 Å². The average Bonchev–Trinajstić information content (AvgIpc) is 2.42. The minimum atomic E-state index is 0.622. The van der Waals surface area contributed by atoms with Gasteiger partial charge in [0.15, 0.2) is 0 Å². The van der Waals surface area contributed by atoms with Crippen LogP contribution in [0.1, 0.15) is 22.8 Å². The molecule has 0 N–H and O–H groups in total. The molecule has 2 aromatic rings. The van der Waals surface area contributed by atoms with E-state index >= 15 is 0 Å². The lowest BCUT2D eigenvalue weighted by Gasteiger charge is -2.10. The summed E-state index contributed by atoms with van der Waals surface area (Å²) >= 11 is 0. The molecule has 0 spiro atoms. The van der Waals surface area contributed by atoms with Crippen molar-refractivity contribution in [1.29, 1.82) is 0 Å². The van der Waals surface area contributed by atoms with Gasteiger partial charge >= 0.3 is 0 Å². The zero-order valence-electron chi connectivity index (χ0n) is 11.1. The highest BCUT2D eigenvalue weighted by Crippen LogP contribution is 2.28. The molecule has 0 atom stereocenters. The van der Waals surface area contributed by atoms with E-state index in [4.69, 9.17) is 9.47 Å². The van der Waals surface area contributed by atoms with E-state index in [0.29, 0.717) is 17.9 Å². The van der Waals surface area contributed by atoms with Crippen LogP contribution in [0.2, 0.25) is 0 Å². The smallest absolute Gasteiger partial charge is 0.150 e. The van der Waals surface area contributed by atoms with Gasteiger partial charge in [0.2, 0.25) is 0 Å². The first-order chi connectivity index (χ1) is 9.22. The molecule has 2 rings (SSSR count). The zero-order chi connectivity index (χ0) is 13.7. The molecule has 2 aromatic carbocycles. The second kappa shape index (κ2) is 6.05. The molecule has 0 bridgehead atoms. The van der Waals surface area contributed by atoms with E-state index in [1.165, 1.54) is 0 Å². The molecule has 0 radical (unpaired) electrons. The molecule has 0 aliphatic heterocycles. The van der Waals surface area contributed by atoms with Gasteiger partial charge in [-0.1, -0.05) is 6.07 Å². The molecule has 3 nitrogen and oxygen atoms in total. The molecule has 0 aliphatic rings. The van der Waals surface area contributed by atoms with Gasteiger partial charge in [0, 0.05) is 11.6 Å². The molecule has 0 aliphatic carbocycles. The predicted octanol–water partition coefficient (Wildman–Crippen LogP) is 4.00. The number of hydrogen-bond acceptors (Lipinski definition) is 3. The van der Waals surface area contributed by atoms with E-state index in [9.17, 15) is 4.79 Å². The average molecular weight is 256 g/mol. The van der Waals surface area contributed by atoms with Crippen molar-refractivity contribution in [2.24, 2.45) is 0 Å². The Bertz CT molecular complexity index is 576. The SMILES string of the molecule is CCOc1cccc(Oc2ccc(C=O)cc2C)c1. The normalized spacial score (nSPS) is 10.0. The Morgan fingerprint density at radius 2 is 1.89 bits per heavy atom. The van der Waals surface area contributed by atoms with Gasteiger partial charge in [0.05, 0.1) is 6.61 Å². The van der Waals surface area contributed by atoms with E-state index in [-0.39, 0.29) is 0 Å². The maximum Gasteiger partial charge on any atom is 0.150 e. The third kappa shape index (κ3) is 3.35. The van der Waals surface area contributed by atoms with Crippen LogP contribution in [0.3, 0.4) is 0 Å². The predicted molar refractivity (Wildman–Crippen MR) is 74.3 cm³/mol. The van der Waals surface area contributed by atoms with E-state index in [0.717, 1.165) is 23.3 Å². The van der Waals surface area contributed by atoms with Gasteiger partial charge in [0.1, 0.15) is 23.5 Å². The highest BCUT2D eigenvalue weighted by Gasteiger charge is 2.03. The fourth-order valence-corrected chi connectivity index (χ4v) is 1.78. The lowest BCUT2D eigenvalue weighted by molar-refractivity contribution is 0.112. The number of carbonyl (C=O) groups is 1. The monoisotopic (exact) mass is 256 g/mol. The first kappa shape index (κ1) is 13.1. The van der Waals surface area contributed by atoms with Gasteiger partial charge in [-0.2, -0.15) is 0 Å². The molecule has 0 fully saturated rings. The molecule has 0 saturated heterocycles. The zero-order valence-corrected chi connectivity index (χ0v) is 11.1. The summed E-state index contributed by atoms with van der Waals surface area (Å²) in [4.78, 5) is 10.7. The molecule has 0 heterocycles. The number of benzene rings is 2. The van der Waals surface area contributed by atoms with E-state index in [1.807, 2.05) is 38.1 Å². The van der Waals surface area contributed by atoms with E-state index in [2.05, 4.69) is 0 Å². The maximum atomic E-state index is 10.7. The highest BCUT2D eigenvalue weighted by molar-refractivity contribution is 5.75. The van der Waals surface area contributed by atoms with Crippen LogP contribution in [0.5, 0.6) is 17.2 Å². The Balaban J connectivity index is 2.20. The molecular formula is C16H16O3. The summed E-state index contributed by atoms with van der Waals surface area (Å²) < 4.78 is 11.2. The summed E-state index contributed by atoms with van der Waals surface area (Å²) in [5.74, 6) is 2.23. The van der Waals surface area contributed by atoms with Crippen LogP contribution in [0.4, 0.5) is 0 Å². The van der Waals surface area contributed by atoms with Crippen molar-refractivity contribution in [2.75, 3.05) is 6.61 Å². The minimum Gasteiger partial charge on any atom is -0.494 e. The second-order valence-electron chi connectivity index (χ2n) is 4.15.